The predicted octanol–water partition coefficient (Wildman–Crippen LogP) is 3.75. The van der Waals surface area contributed by atoms with Crippen LogP contribution < -0.4 is 14.2 Å². The van der Waals surface area contributed by atoms with E-state index in [-0.39, 0.29) is 17.6 Å². The van der Waals surface area contributed by atoms with Crippen molar-refractivity contribution >= 4 is 16.9 Å². The Hall–Kier alpha value is -3.29. The summed E-state index contributed by atoms with van der Waals surface area (Å²) in [6.45, 7) is 1.21. The van der Waals surface area contributed by atoms with Gasteiger partial charge in [-0.05, 0) is 43.2 Å². The average molecular weight is 413 g/mol. The van der Waals surface area contributed by atoms with Gasteiger partial charge in [-0.15, -0.1) is 0 Å². The number of amides is 1. The minimum absolute atomic E-state index is 0.0839. The number of aromatic amines is 1. The van der Waals surface area contributed by atoms with Crippen LogP contribution in [0.5, 0.6) is 17.2 Å². The molecule has 30 heavy (non-hydrogen) atoms. The Balaban J connectivity index is 1.49. The van der Waals surface area contributed by atoms with Crippen LogP contribution in [0.4, 0.5) is 4.39 Å². The summed E-state index contributed by atoms with van der Waals surface area (Å²) in [5.41, 5.74) is 1.94. The SMILES string of the molecule is COc1cc(C(=O)N2CCC(c3nc4ccc(F)cc4[nH]3)CC2)cc(OC)c1OC. The van der Waals surface area contributed by atoms with E-state index in [9.17, 15) is 9.18 Å². The first kappa shape index (κ1) is 20.0. The molecular formula is C22H24FN3O4. The molecule has 1 aromatic heterocycles. The molecule has 3 aromatic rings. The molecule has 2 aromatic carbocycles. The van der Waals surface area contributed by atoms with Crippen molar-refractivity contribution in [2.45, 2.75) is 18.8 Å². The molecule has 0 radical (unpaired) electrons. The second kappa shape index (κ2) is 8.22. The van der Waals surface area contributed by atoms with E-state index in [0.29, 0.717) is 41.4 Å². The van der Waals surface area contributed by atoms with Crippen LogP contribution in [-0.4, -0.2) is 55.2 Å². The average Bonchev–Trinajstić information content (AvgIpc) is 3.20. The van der Waals surface area contributed by atoms with Crippen LogP contribution in [0.1, 0.15) is 34.9 Å². The Bertz CT molecular complexity index is 1050. The standard InChI is InChI=1S/C22H24FN3O4/c1-28-18-10-14(11-19(29-2)20(18)30-3)22(27)26-8-6-13(7-9-26)21-24-16-5-4-15(23)12-17(16)25-21/h4-5,10-13H,6-9H2,1-3H3,(H,24,25). The number of likely N-dealkylation sites (tertiary alicyclic amines) is 1. The summed E-state index contributed by atoms with van der Waals surface area (Å²) in [5.74, 6) is 2.02. The molecular weight excluding hydrogens is 389 g/mol. The van der Waals surface area contributed by atoms with E-state index in [1.165, 1.54) is 33.5 Å². The Morgan fingerprint density at radius 3 is 2.33 bits per heavy atom. The van der Waals surface area contributed by atoms with Gasteiger partial charge in [0.05, 0.1) is 32.4 Å². The molecule has 2 heterocycles. The van der Waals surface area contributed by atoms with E-state index in [0.717, 1.165) is 24.2 Å². The number of ether oxygens (including phenoxy) is 3. The third-order valence-electron chi connectivity index (χ3n) is 5.54. The number of fused-ring (bicyclic) bond motifs is 1. The molecule has 158 valence electrons. The third-order valence-corrected chi connectivity index (χ3v) is 5.54. The fourth-order valence-corrected chi connectivity index (χ4v) is 3.94. The first-order chi connectivity index (χ1) is 14.5. The first-order valence-electron chi connectivity index (χ1n) is 9.78. The maximum atomic E-state index is 13.4. The second-order valence-corrected chi connectivity index (χ2v) is 7.26. The van der Waals surface area contributed by atoms with Crippen LogP contribution in [-0.2, 0) is 0 Å². The van der Waals surface area contributed by atoms with Crippen molar-refractivity contribution in [2.24, 2.45) is 0 Å². The lowest BCUT2D eigenvalue weighted by Crippen LogP contribution is -2.38. The number of halogens is 1. The van der Waals surface area contributed by atoms with Crippen molar-refractivity contribution in [1.29, 1.82) is 0 Å². The molecule has 4 rings (SSSR count). The van der Waals surface area contributed by atoms with Crippen molar-refractivity contribution in [3.8, 4) is 17.2 Å². The van der Waals surface area contributed by atoms with Gasteiger partial charge in [0, 0.05) is 24.6 Å². The number of benzene rings is 2. The molecule has 1 saturated heterocycles. The molecule has 0 atom stereocenters. The largest absolute Gasteiger partial charge is 0.493 e. The molecule has 0 unspecified atom stereocenters. The zero-order chi connectivity index (χ0) is 21.3. The fraction of sp³-hybridized carbons (Fsp3) is 0.364. The maximum Gasteiger partial charge on any atom is 0.254 e. The molecule has 1 aliphatic heterocycles. The molecule has 0 bridgehead atoms. The van der Waals surface area contributed by atoms with Crippen LogP contribution in [0.15, 0.2) is 30.3 Å². The summed E-state index contributed by atoms with van der Waals surface area (Å²) in [6, 6.07) is 7.88. The number of nitrogens with one attached hydrogen (secondary N) is 1. The summed E-state index contributed by atoms with van der Waals surface area (Å²) in [5, 5.41) is 0. The Kier molecular flexibility index (Phi) is 5.48. The molecule has 8 heteroatoms. The van der Waals surface area contributed by atoms with E-state index in [4.69, 9.17) is 14.2 Å². The van der Waals surface area contributed by atoms with Crippen molar-refractivity contribution in [1.82, 2.24) is 14.9 Å². The summed E-state index contributed by atoms with van der Waals surface area (Å²) in [7, 11) is 4.57. The normalized spacial score (nSPS) is 14.7. The third kappa shape index (κ3) is 3.65. The number of carbonyl (C=O) groups excluding carboxylic acids is 1. The predicted molar refractivity (Wildman–Crippen MR) is 110 cm³/mol. The second-order valence-electron chi connectivity index (χ2n) is 7.26. The van der Waals surface area contributed by atoms with E-state index in [2.05, 4.69) is 9.97 Å². The lowest BCUT2D eigenvalue weighted by atomic mass is 9.95. The molecule has 1 amide bonds. The number of H-pyrrole nitrogens is 1. The van der Waals surface area contributed by atoms with Crippen LogP contribution in [0.3, 0.4) is 0 Å². The minimum atomic E-state index is -0.288. The molecule has 7 nitrogen and oxygen atoms in total. The maximum absolute atomic E-state index is 13.4. The molecule has 1 fully saturated rings. The smallest absolute Gasteiger partial charge is 0.254 e. The van der Waals surface area contributed by atoms with E-state index in [1.807, 2.05) is 4.90 Å². The lowest BCUT2D eigenvalue weighted by Gasteiger charge is -2.31. The number of carbonyl (C=O) groups is 1. The van der Waals surface area contributed by atoms with Crippen LogP contribution in [0, 0.1) is 5.82 Å². The van der Waals surface area contributed by atoms with Crippen molar-refractivity contribution in [2.75, 3.05) is 34.4 Å². The zero-order valence-corrected chi connectivity index (χ0v) is 17.2. The Morgan fingerprint density at radius 1 is 1.07 bits per heavy atom. The molecule has 1 aliphatic rings. The highest BCUT2D eigenvalue weighted by molar-refractivity contribution is 5.95. The number of rotatable bonds is 5. The number of nitrogens with zero attached hydrogens (tertiary/aromatic N) is 2. The Labute approximate surface area is 173 Å². The van der Waals surface area contributed by atoms with Crippen LogP contribution in [0.25, 0.3) is 11.0 Å². The Morgan fingerprint density at radius 2 is 1.73 bits per heavy atom. The number of hydrogen-bond acceptors (Lipinski definition) is 5. The highest BCUT2D eigenvalue weighted by Crippen LogP contribution is 2.39. The summed E-state index contributed by atoms with van der Waals surface area (Å²) < 4.78 is 29.5. The van der Waals surface area contributed by atoms with Gasteiger partial charge in [-0.2, -0.15) is 0 Å². The van der Waals surface area contributed by atoms with Crippen LogP contribution >= 0.6 is 0 Å². The molecule has 0 aliphatic carbocycles. The van der Waals surface area contributed by atoms with Crippen molar-refractivity contribution in [3.05, 3.63) is 47.5 Å². The van der Waals surface area contributed by atoms with Gasteiger partial charge in [0.15, 0.2) is 11.5 Å². The molecule has 1 N–H and O–H groups in total. The number of methoxy groups -OCH3 is 3. The van der Waals surface area contributed by atoms with Gasteiger partial charge in [-0.3, -0.25) is 4.79 Å². The summed E-state index contributed by atoms with van der Waals surface area (Å²) >= 11 is 0. The van der Waals surface area contributed by atoms with Crippen molar-refractivity contribution in [3.63, 3.8) is 0 Å². The minimum Gasteiger partial charge on any atom is -0.493 e. The van der Waals surface area contributed by atoms with E-state index >= 15 is 0 Å². The van der Waals surface area contributed by atoms with Gasteiger partial charge in [-0.1, -0.05) is 0 Å². The van der Waals surface area contributed by atoms with Crippen LogP contribution in [0.2, 0.25) is 0 Å². The van der Waals surface area contributed by atoms with Gasteiger partial charge in [0.2, 0.25) is 5.75 Å². The molecule has 0 spiro atoms. The highest BCUT2D eigenvalue weighted by atomic mass is 19.1. The lowest BCUT2D eigenvalue weighted by molar-refractivity contribution is 0.0710. The summed E-state index contributed by atoms with van der Waals surface area (Å²) in [4.78, 5) is 22.7. The van der Waals surface area contributed by atoms with Gasteiger partial charge in [0.1, 0.15) is 11.6 Å². The number of imidazole rings is 1. The van der Waals surface area contributed by atoms with E-state index in [1.54, 1.807) is 18.2 Å². The van der Waals surface area contributed by atoms with E-state index < -0.39 is 0 Å². The topological polar surface area (TPSA) is 76.7 Å². The highest BCUT2D eigenvalue weighted by Gasteiger charge is 2.28. The van der Waals surface area contributed by atoms with Gasteiger partial charge in [0.25, 0.3) is 5.91 Å². The number of aromatic nitrogens is 2. The molecule has 0 saturated carbocycles. The van der Waals surface area contributed by atoms with Gasteiger partial charge >= 0.3 is 0 Å². The fourth-order valence-electron chi connectivity index (χ4n) is 3.94. The zero-order valence-electron chi connectivity index (χ0n) is 17.2. The quantitative estimate of drug-likeness (QED) is 0.690. The van der Waals surface area contributed by atoms with Gasteiger partial charge in [-0.25, -0.2) is 9.37 Å². The van der Waals surface area contributed by atoms with Crippen molar-refractivity contribution < 1.29 is 23.4 Å². The number of hydrogen-bond donors (Lipinski definition) is 1. The number of piperidine rings is 1. The summed E-state index contributed by atoms with van der Waals surface area (Å²) in [6.07, 6.45) is 1.55. The monoisotopic (exact) mass is 413 g/mol. The first-order valence-corrected chi connectivity index (χ1v) is 9.78. The van der Waals surface area contributed by atoms with Gasteiger partial charge < -0.3 is 24.1 Å².